The molecule has 1 saturated carbocycles. The van der Waals surface area contributed by atoms with E-state index in [-0.39, 0.29) is 24.0 Å². The van der Waals surface area contributed by atoms with Crippen LogP contribution in [0.1, 0.15) is 43.9 Å². The van der Waals surface area contributed by atoms with Gasteiger partial charge in [0.05, 0.1) is 16.3 Å². The molecule has 1 fully saturated rings. The molecule has 0 aliphatic heterocycles. The number of thiophene rings is 1. The average molecular weight is 359 g/mol. The average Bonchev–Trinajstić information content (AvgIpc) is 2.92. The van der Waals surface area contributed by atoms with Crippen LogP contribution in [0.3, 0.4) is 0 Å². The van der Waals surface area contributed by atoms with E-state index in [9.17, 15) is 9.59 Å². The highest BCUT2D eigenvalue weighted by Crippen LogP contribution is 2.20. The van der Waals surface area contributed by atoms with Gasteiger partial charge in [0, 0.05) is 6.04 Å². The van der Waals surface area contributed by atoms with Crippen molar-refractivity contribution < 1.29 is 14.5 Å². The molecule has 0 radical (unpaired) electrons. The second-order valence-electron chi connectivity index (χ2n) is 6.25. The van der Waals surface area contributed by atoms with E-state index in [1.165, 1.54) is 17.8 Å². The van der Waals surface area contributed by atoms with Gasteiger partial charge in [-0.05, 0) is 31.9 Å². The highest BCUT2D eigenvalue weighted by atomic mass is 35.5. The number of likely N-dealkylation sites (N-methyl/N-ethyl adjacent to an activating group) is 1. The molecule has 1 aromatic heterocycles. The van der Waals surface area contributed by atoms with E-state index < -0.39 is 0 Å². The molecular weight excluding hydrogens is 334 g/mol. The first-order valence-corrected chi connectivity index (χ1v) is 9.33. The van der Waals surface area contributed by atoms with E-state index in [2.05, 4.69) is 10.6 Å². The van der Waals surface area contributed by atoms with Crippen molar-refractivity contribution in [2.45, 2.75) is 57.7 Å². The number of quaternary nitrogens is 1. The Bertz CT molecular complexity index is 543. The summed E-state index contributed by atoms with van der Waals surface area (Å²) in [6, 6.07) is 3.34. The Hall–Kier alpha value is -1.11. The number of amides is 3. The molecule has 1 aliphatic rings. The largest absolute Gasteiger partial charge is 0.335 e. The number of imide groups is 1. The molecule has 1 aromatic rings. The van der Waals surface area contributed by atoms with Crippen LogP contribution in [0.2, 0.25) is 4.34 Å². The van der Waals surface area contributed by atoms with Gasteiger partial charge in [-0.2, -0.15) is 0 Å². The van der Waals surface area contributed by atoms with Crippen molar-refractivity contribution in [2.24, 2.45) is 0 Å². The zero-order chi connectivity index (χ0) is 16.8. The molecule has 128 valence electrons. The van der Waals surface area contributed by atoms with Gasteiger partial charge in [-0.15, -0.1) is 11.3 Å². The van der Waals surface area contributed by atoms with Crippen LogP contribution in [0.4, 0.5) is 4.79 Å². The van der Waals surface area contributed by atoms with Crippen LogP contribution in [0, 0.1) is 0 Å². The number of carbonyl (C=O) groups is 2. The predicted molar refractivity (Wildman–Crippen MR) is 92.9 cm³/mol. The van der Waals surface area contributed by atoms with Crippen molar-refractivity contribution in [3.05, 3.63) is 21.3 Å². The normalized spacial score (nSPS) is 18.2. The standard InChI is InChI=1S/C16H24ClN3O2S/c1-11(20(2)10-13-8-9-14(17)23-13)15(21)19-16(22)18-12-6-4-3-5-7-12/h8-9,11-12H,3-7,10H2,1-2H3,(H2,18,19,21,22)/p+1/t11-/m1/s1. The van der Waals surface area contributed by atoms with E-state index >= 15 is 0 Å². The van der Waals surface area contributed by atoms with Crippen molar-refractivity contribution in [1.82, 2.24) is 10.6 Å². The lowest BCUT2D eigenvalue weighted by Gasteiger charge is -2.24. The summed E-state index contributed by atoms with van der Waals surface area (Å²) in [5, 5.41) is 5.37. The van der Waals surface area contributed by atoms with Crippen LogP contribution >= 0.6 is 22.9 Å². The number of carbonyl (C=O) groups excluding carboxylic acids is 2. The van der Waals surface area contributed by atoms with Gasteiger partial charge in [-0.25, -0.2) is 4.79 Å². The lowest BCUT2D eigenvalue weighted by Crippen LogP contribution is -3.12. The first kappa shape index (κ1) is 18.2. The summed E-state index contributed by atoms with van der Waals surface area (Å²) < 4.78 is 0.747. The van der Waals surface area contributed by atoms with Gasteiger partial charge in [0.1, 0.15) is 6.54 Å². The lowest BCUT2D eigenvalue weighted by molar-refractivity contribution is -0.907. The Morgan fingerprint density at radius 2 is 2.04 bits per heavy atom. The second kappa shape index (κ2) is 8.66. The molecule has 3 amide bonds. The number of rotatable bonds is 5. The highest BCUT2D eigenvalue weighted by Gasteiger charge is 2.25. The third kappa shape index (κ3) is 5.79. The first-order chi connectivity index (χ1) is 11.0. The molecule has 1 heterocycles. The zero-order valence-electron chi connectivity index (χ0n) is 13.7. The summed E-state index contributed by atoms with van der Waals surface area (Å²) in [5.41, 5.74) is 0. The Kier molecular flexibility index (Phi) is 6.87. The molecule has 0 spiro atoms. The minimum atomic E-state index is -0.374. The summed E-state index contributed by atoms with van der Waals surface area (Å²) in [6.07, 6.45) is 5.52. The van der Waals surface area contributed by atoms with E-state index in [4.69, 9.17) is 11.6 Å². The van der Waals surface area contributed by atoms with E-state index in [0.29, 0.717) is 6.54 Å². The maximum Gasteiger partial charge on any atom is 0.321 e. The molecule has 1 unspecified atom stereocenters. The van der Waals surface area contributed by atoms with Gasteiger partial charge < -0.3 is 10.2 Å². The van der Waals surface area contributed by atoms with Crippen LogP contribution in [0.5, 0.6) is 0 Å². The molecule has 0 aromatic carbocycles. The molecule has 5 nitrogen and oxygen atoms in total. The van der Waals surface area contributed by atoms with Gasteiger partial charge in [0.15, 0.2) is 6.04 Å². The van der Waals surface area contributed by atoms with Crippen molar-refractivity contribution in [3.63, 3.8) is 0 Å². The Morgan fingerprint density at radius 3 is 2.65 bits per heavy atom. The van der Waals surface area contributed by atoms with Crippen LogP contribution < -0.4 is 15.5 Å². The molecular formula is C16H25ClN3O2S+. The predicted octanol–water partition coefficient (Wildman–Crippen LogP) is 1.96. The number of urea groups is 1. The van der Waals surface area contributed by atoms with E-state index in [1.54, 1.807) is 0 Å². The van der Waals surface area contributed by atoms with Gasteiger partial charge in [-0.3, -0.25) is 10.1 Å². The summed E-state index contributed by atoms with van der Waals surface area (Å²) in [6.45, 7) is 2.53. The Morgan fingerprint density at radius 1 is 1.35 bits per heavy atom. The van der Waals surface area contributed by atoms with Crippen molar-refractivity contribution in [2.75, 3.05) is 7.05 Å². The molecule has 1 aliphatic carbocycles. The van der Waals surface area contributed by atoms with Crippen LogP contribution in [0.15, 0.2) is 12.1 Å². The molecule has 2 rings (SSSR count). The lowest BCUT2D eigenvalue weighted by atomic mass is 9.96. The highest BCUT2D eigenvalue weighted by molar-refractivity contribution is 7.16. The molecule has 3 N–H and O–H groups in total. The first-order valence-electron chi connectivity index (χ1n) is 8.13. The topological polar surface area (TPSA) is 62.6 Å². The fourth-order valence-electron chi connectivity index (χ4n) is 2.79. The van der Waals surface area contributed by atoms with Crippen LogP contribution in [0.25, 0.3) is 0 Å². The number of hydrogen-bond donors (Lipinski definition) is 3. The van der Waals surface area contributed by atoms with E-state index in [1.807, 2.05) is 26.1 Å². The minimum absolute atomic E-state index is 0.199. The molecule has 0 bridgehead atoms. The van der Waals surface area contributed by atoms with Gasteiger partial charge in [-0.1, -0.05) is 30.9 Å². The zero-order valence-corrected chi connectivity index (χ0v) is 15.2. The van der Waals surface area contributed by atoms with E-state index in [0.717, 1.165) is 39.8 Å². The van der Waals surface area contributed by atoms with Crippen molar-refractivity contribution in [1.29, 1.82) is 0 Å². The number of nitrogens with one attached hydrogen (secondary N) is 3. The third-order valence-corrected chi connectivity index (χ3v) is 5.62. The van der Waals surface area contributed by atoms with Crippen LogP contribution in [-0.4, -0.2) is 31.1 Å². The summed E-state index contributed by atoms with van der Waals surface area (Å²) in [7, 11) is 1.94. The smallest absolute Gasteiger partial charge is 0.321 e. The fourth-order valence-corrected chi connectivity index (χ4v) is 3.97. The number of halogens is 1. The molecule has 7 heteroatoms. The Labute approximate surface area is 146 Å². The van der Waals surface area contributed by atoms with Crippen LogP contribution in [-0.2, 0) is 11.3 Å². The molecule has 0 saturated heterocycles. The summed E-state index contributed by atoms with van der Waals surface area (Å²) >= 11 is 7.44. The van der Waals surface area contributed by atoms with Crippen molar-refractivity contribution >= 4 is 34.9 Å². The van der Waals surface area contributed by atoms with Gasteiger partial charge >= 0.3 is 6.03 Å². The summed E-state index contributed by atoms with van der Waals surface area (Å²) in [5.74, 6) is -0.251. The summed E-state index contributed by atoms with van der Waals surface area (Å²) in [4.78, 5) is 26.3. The van der Waals surface area contributed by atoms with Gasteiger partial charge in [0.2, 0.25) is 0 Å². The SMILES string of the molecule is C[C@H](C(=O)NC(=O)NC1CCCCC1)[NH+](C)Cc1ccc(Cl)s1. The monoisotopic (exact) mass is 358 g/mol. The number of hydrogen-bond acceptors (Lipinski definition) is 3. The fraction of sp³-hybridized carbons (Fsp3) is 0.625. The quantitative estimate of drug-likeness (QED) is 0.753. The maximum atomic E-state index is 12.2. The third-order valence-electron chi connectivity index (χ3n) is 4.39. The molecule has 2 atom stereocenters. The maximum absolute atomic E-state index is 12.2. The van der Waals surface area contributed by atoms with Crippen molar-refractivity contribution in [3.8, 4) is 0 Å². The minimum Gasteiger partial charge on any atom is -0.335 e. The Balaban J connectivity index is 1.77. The second-order valence-corrected chi connectivity index (χ2v) is 8.05. The van der Waals surface area contributed by atoms with Gasteiger partial charge in [0.25, 0.3) is 5.91 Å². The molecule has 23 heavy (non-hydrogen) atoms.